The molecule has 0 fully saturated rings. The Bertz CT molecular complexity index is 3500. The number of para-hydroxylation sites is 3. The van der Waals surface area contributed by atoms with Crippen LogP contribution in [-0.2, 0) is 0 Å². The van der Waals surface area contributed by atoms with Crippen molar-refractivity contribution in [3.8, 4) is 22.5 Å². The number of hydrogen-bond donors (Lipinski definition) is 1. The second kappa shape index (κ2) is 13.8. The van der Waals surface area contributed by atoms with E-state index in [2.05, 4.69) is 221 Å². The number of benzene rings is 9. The first-order valence-electron chi connectivity index (χ1n) is 20.4. The summed E-state index contributed by atoms with van der Waals surface area (Å²) in [5.74, 6) is 1.49. The highest BCUT2D eigenvalue weighted by Crippen LogP contribution is 2.36. The van der Waals surface area contributed by atoms with Crippen molar-refractivity contribution in [3.63, 3.8) is 0 Å². The number of aliphatic imine (C=N–C) groups is 2. The van der Waals surface area contributed by atoms with Gasteiger partial charge in [0.05, 0.1) is 22.1 Å². The van der Waals surface area contributed by atoms with E-state index >= 15 is 0 Å². The topological polar surface area (TPSA) is 46.6 Å². The Morgan fingerprint density at radius 1 is 0.367 bits per heavy atom. The predicted octanol–water partition coefficient (Wildman–Crippen LogP) is 13.2. The number of fused-ring (bicyclic) bond motifs is 7. The molecule has 1 atom stereocenters. The molecule has 0 bridgehead atoms. The lowest BCUT2D eigenvalue weighted by Crippen LogP contribution is -2.33. The van der Waals surface area contributed by atoms with Crippen LogP contribution in [0.15, 0.2) is 222 Å². The maximum absolute atomic E-state index is 5.26. The van der Waals surface area contributed by atoms with Crippen molar-refractivity contribution in [3.05, 3.63) is 229 Å². The molecule has 282 valence electrons. The Labute approximate surface area is 346 Å². The highest BCUT2D eigenvalue weighted by molar-refractivity contribution is 6.17. The van der Waals surface area contributed by atoms with Gasteiger partial charge < -0.3 is 14.5 Å². The van der Waals surface area contributed by atoms with Gasteiger partial charge in [0.1, 0.15) is 12.0 Å². The molecular formula is C55H37N5. The second-order valence-corrected chi connectivity index (χ2v) is 15.5. The first kappa shape index (κ1) is 34.1. The molecule has 5 nitrogen and oxygen atoms in total. The van der Waals surface area contributed by atoms with Crippen molar-refractivity contribution in [2.75, 3.05) is 0 Å². The highest BCUT2D eigenvalue weighted by atomic mass is 15.2. The Kier molecular flexibility index (Phi) is 7.85. The van der Waals surface area contributed by atoms with Gasteiger partial charge in [-0.2, -0.15) is 0 Å². The molecule has 0 aliphatic carbocycles. The van der Waals surface area contributed by atoms with Crippen molar-refractivity contribution in [1.82, 2.24) is 14.5 Å². The third-order valence-corrected chi connectivity index (χ3v) is 11.9. The quantitative estimate of drug-likeness (QED) is 0.180. The first-order chi connectivity index (χ1) is 29.7. The summed E-state index contributed by atoms with van der Waals surface area (Å²) in [5.41, 5.74) is 12.3. The van der Waals surface area contributed by atoms with Gasteiger partial charge in [-0.05, 0) is 100 Å². The zero-order valence-electron chi connectivity index (χ0n) is 32.6. The minimum absolute atomic E-state index is 0.304. The van der Waals surface area contributed by atoms with Gasteiger partial charge in [-0.15, -0.1) is 0 Å². The van der Waals surface area contributed by atoms with E-state index in [1.807, 2.05) is 6.07 Å². The van der Waals surface area contributed by atoms with Gasteiger partial charge in [0.25, 0.3) is 0 Å². The van der Waals surface area contributed by atoms with Gasteiger partial charge in [-0.3, -0.25) is 0 Å². The van der Waals surface area contributed by atoms with Gasteiger partial charge in [-0.25, -0.2) is 9.98 Å². The van der Waals surface area contributed by atoms with E-state index in [1.54, 1.807) is 0 Å². The number of hydrogen-bond acceptors (Lipinski definition) is 3. The lowest BCUT2D eigenvalue weighted by atomic mass is 10.0. The van der Waals surface area contributed by atoms with Crippen LogP contribution in [0.3, 0.4) is 0 Å². The van der Waals surface area contributed by atoms with Crippen LogP contribution in [0.1, 0.15) is 22.9 Å². The van der Waals surface area contributed by atoms with E-state index in [1.165, 1.54) is 48.9 Å². The van der Waals surface area contributed by atoms with Gasteiger partial charge in [0, 0.05) is 44.0 Å². The van der Waals surface area contributed by atoms with E-state index < -0.39 is 0 Å². The largest absolute Gasteiger partial charge is 0.344 e. The minimum Gasteiger partial charge on any atom is -0.344 e. The Hall–Kier alpha value is -8.02. The first-order valence-corrected chi connectivity index (χ1v) is 20.4. The summed E-state index contributed by atoms with van der Waals surface area (Å²) in [6.45, 7) is 0. The van der Waals surface area contributed by atoms with Crippen molar-refractivity contribution in [2.45, 2.75) is 6.17 Å². The van der Waals surface area contributed by atoms with Crippen LogP contribution in [0.5, 0.6) is 0 Å². The van der Waals surface area contributed by atoms with Crippen molar-refractivity contribution in [1.29, 1.82) is 0 Å². The molecule has 0 saturated heterocycles. The average Bonchev–Trinajstić information content (AvgIpc) is 3.83. The summed E-state index contributed by atoms with van der Waals surface area (Å²) in [4.78, 5) is 10.5. The molecule has 12 rings (SSSR count). The number of aromatic nitrogens is 2. The summed E-state index contributed by atoms with van der Waals surface area (Å²) < 4.78 is 4.73. The van der Waals surface area contributed by atoms with Crippen molar-refractivity contribution < 1.29 is 0 Å². The fraction of sp³-hybridized carbons (Fsp3) is 0.0182. The smallest absolute Gasteiger partial charge is 0.159 e. The van der Waals surface area contributed by atoms with Crippen LogP contribution in [0.25, 0.3) is 76.9 Å². The zero-order chi connectivity index (χ0) is 39.6. The summed E-state index contributed by atoms with van der Waals surface area (Å²) >= 11 is 0. The third-order valence-electron chi connectivity index (χ3n) is 11.9. The molecular weight excluding hydrogens is 731 g/mol. The van der Waals surface area contributed by atoms with Crippen LogP contribution in [0.4, 0.5) is 0 Å². The molecule has 0 amide bonds. The van der Waals surface area contributed by atoms with E-state index in [0.29, 0.717) is 5.84 Å². The van der Waals surface area contributed by atoms with Gasteiger partial charge in [0.15, 0.2) is 5.84 Å². The normalized spacial score (nSPS) is 14.2. The number of nitrogens with one attached hydrogen (secondary N) is 1. The van der Waals surface area contributed by atoms with Crippen molar-refractivity contribution >= 4 is 66.1 Å². The molecule has 1 aliphatic heterocycles. The number of rotatable bonds is 6. The van der Waals surface area contributed by atoms with Crippen molar-refractivity contribution in [2.24, 2.45) is 9.98 Å². The highest BCUT2D eigenvalue weighted by Gasteiger charge is 2.23. The van der Waals surface area contributed by atoms with Gasteiger partial charge >= 0.3 is 0 Å². The van der Waals surface area contributed by atoms with E-state index in [-0.39, 0.29) is 6.17 Å². The fourth-order valence-electron chi connectivity index (χ4n) is 9.08. The van der Waals surface area contributed by atoms with Crippen LogP contribution in [0.2, 0.25) is 0 Å². The van der Waals surface area contributed by atoms with Crippen LogP contribution < -0.4 is 5.32 Å². The Morgan fingerprint density at radius 3 is 1.68 bits per heavy atom. The summed E-state index contributed by atoms with van der Waals surface area (Å²) in [5, 5.41) is 11.1. The predicted molar refractivity (Wildman–Crippen MR) is 250 cm³/mol. The minimum atomic E-state index is -0.304. The monoisotopic (exact) mass is 767 g/mol. The lowest BCUT2D eigenvalue weighted by Gasteiger charge is -2.24. The van der Waals surface area contributed by atoms with Gasteiger partial charge in [0.2, 0.25) is 0 Å². The van der Waals surface area contributed by atoms with Crippen LogP contribution in [0, 0.1) is 0 Å². The second-order valence-electron chi connectivity index (χ2n) is 15.5. The molecule has 0 saturated carbocycles. The van der Waals surface area contributed by atoms with E-state index in [0.717, 1.165) is 50.5 Å². The number of nitrogens with zero attached hydrogens (tertiary/aromatic N) is 4. The fourth-order valence-corrected chi connectivity index (χ4v) is 9.08. The molecule has 5 heteroatoms. The Balaban J connectivity index is 0.936. The zero-order valence-corrected chi connectivity index (χ0v) is 32.6. The summed E-state index contributed by atoms with van der Waals surface area (Å²) in [6, 6.07) is 75.7. The lowest BCUT2D eigenvalue weighted by molar-refractivity contribution is 0.674. The molecule has 3 heterocycles. The average molecular weight is 768 g/mol. The molecule has 1 aliphatic rings. The van der Waals surface area contributed by atoms with Crippen LogP contribution in [-0.4, -0.2) is 20.8 Å². The maximum Gasteiger partial charge on any atom is 0.159 e. The molecule has 11 aromatic rings. The number of amidine groups is 2. The van der Waals surface area contributed by atoms with E-state index in [9.17, 15) is 0 Å². The maximum atomic E-state index is 5.26. The molecule has 0 radical (unpaired) electrons. The molecule has 60 heavy (non-hydrogen) atoms. The molecule has 0 spiro atoms. The molecule has 2 aromatic heterocycles. The SMILES string of the molecule is c1ccc(C2N=C(c3cccc(-c4ccc(-n5c6ccccc6c6cc7ccccc7cc65)cc4)c3)N=C(c3ccc4c(c3)c3ccccc3n4-c3ccccc3)N2)cc1. The van der Waals surface area contributed by atoms with E-state index in [4.69, 9.17) is 9.98 Å². The standard InChI is InChI=1S/C55H37N5/c1-3-14-37(15-4-1)53-56-54(58-55(57-53)42-28-31-51-47(34-42)45-22-9-11-24-49(45)59(51)43-20-5-2-6-21-43)41-19-13-18-38(32-41)36-26-29-44(30-27-36)60-50-25-12-10-23-46(50)48-33-39-16-7-8-17-40(39)35-52(48)60/h1-35,53H,(H,56,57,58). The molecule has 1 N–H and O–H groups in total. The Morgan fingerprint density at radius 2 is 0.933 bits per heavy atom. The summed E-state index contributed by atoms with van der Waals surface area (Å²) in [6.07, 6.45) is -0.304. The van der Waals surface area contributed by atoms with Crippen LogP contribution >= 0.6 is 0 Å². The molecule has 1 unspecified atom stereocenters. The van der Waals surface area contributed by atoms with Gasteiger partial charge in [-0.1, -0.05) is 140 Å². The summed E-state index contributed by atoms with van der Waals surface area (Å²) in [7, 11) is 0. The molecule has 9 aromatic carbocycles. The third kappa shape index (κ3) is 5.63.